The van der Waals surface area contributed by atoms with Crippen molar-refractivity contribution in [1.82, 2.24) is 0 Å². The third-order valence-electron chi connectivity index (χ3n) is 1.18. The van der Waals surface area contributed by atoms with Crippen molar-refractivity contribution in [2.24, 2.45) is 0 Å². The van der Waals surface area contributed by atoms with Gasteiger partial charge in [0.15, 0.2) is 0 Å². The molecular weight excluding hydrogens is 153 g/mol. The Morgan fingerprint density at radius 2 is 2.00 bits per heavy atom. The van der Waals surface area contributed by atoms with Gasteiger partial charge in [0.1, 0.15) is 0 Å². The molecule has 0 unspecified atom stereocenters. The van der Waals surface area contributed by atoms with Crippen LogP contribution in [-0.2, 0) is 0 Å². The lowest BCUT2D eigenvalue weighted by Gasteiger charge is -2.08. The van der Waals surface area contributed by atoms with E-state index in [1.54, 1.807) is 6.92 Å². The normalized spacial score (nSPS) is 13.3. The van der Waals surface area contributed by atoms with E-state index in [1.807, 2.05) is 0 Å². The molecule has 11 heavy (non-hydrogen) atoms. The molecule has 0 saturated carbocycles. The van der Waals surface area contributed by atoms with E-state index in [9.17, 15) is 13.2 Å². The van der Waals surface area contributed by atoms with E-state index in [2.05, 4.69) is 6.58 Å². The molecule has 0 nitrogen and oxygen atoms in total. The zero-order chi connectivity index (χ0) is 8.91. The molecule has 0 aliphatic carbocycles. The Morgan fingerprint density at radius 1 is 1.45 bits per heavy atom. The van der Waals surface area contributed by atoms with Crippen LogP contribution in [0.15, 0.2) is 24.3 Å². The molecule has 0 rings (SSSR count). The Bertz CT molecular complexity index is 153. The minimum atomic E-state index is -4.19. The number of hydrogen-bond acceptors (Lipinski definition) is 0. The van der Waals surface area contributed by atoms with Crippen molar-refractivity contribution in [3.8, 4) is 0 Å². The molecule has 0 saturated heterocycles. The third-order valence-corrected chi connectivity index (χ3v) is 1.18. The molecule has 0 radical (unpaired) electrons. The van der Waals surface area contributed by atoms with Crippen LogP contribution in [0, 0.1) is 0 Å². The molecule has 0 fully saturated rings. The second-order valence-corrected chi connectivity index (χ2v) is 2.13. The van der Waals surface area contributed by atoms with Crippen molar-refractivity contribution in [3.63, 3.8) is 0 Å². The van der Waals surface area contributed by atoms with Crippen LogP contribution in [0.25, 0.3) is 0 Å². The molecule has 0 amide bonds. The molecule has 0 N–H and O–H groups in total. The Labute approximate surface area is 64.4 Å². The van der Waals surface area contributed by atoms with Crippen LogP contribution in [0.4, 0.5) is 13.2 Å². The van der Waals surface area contributed by atoms with Crippen LogP contribution < -0.4 is 0 Å². The molecule has 0 aromatic heterocycles. The maximum Gasteiger partial charge on any atom is 0.412 e. The van der Waals surface area contributed by atoms with Gasteiger partial charge in [-0.1, -0.05) is 19.1 Å². The van der Waals surface area contributed by atoms with Gasteiger partial charge in [0.2, 0.25) is 0 Å². The first-order valence-corrected chi connectivity index (χ1v) is 3.39. The summed E-state index contributed by atoms with van der Waals surface area (Å²) < 4.78 is 35.9. The Balaban J connectivity index is 4.34. The lowest BCUT2D eigenvalue weighted by Crippen LogP contribution is -2.11. The average Bonchev–Trinajstić information content (AvgIpc) is 1.85. The quantitative estimate of drug-likeness (QED) is 0.560. The fourth-order valence-electron chi connectivity index (χ4n) is 0.717. The zero-order valence-electron chi connectivity index (χ0n) is 6.41. The summed E-state index contributed by atoms with van der Waals surface area (Å²) in [6.45, 7) is 4.93. The monoisotopic (exact) mass is 164 g/mol. The van der Waals surface area contributed by atoms with Gasteiger partial charge in [0.25, 0.3) is 0 Å². The largest absolute Gasteiger partial charge is 0.412 e. The molecule has 0 spiro atoms. The van der Waals surface area contributed by atoms with Gasteiger partial charge >= 0.3 is 6.18 Å². The number of alkyl halides is 3. The highest BCUT2D eigenvalue weighted by molar-refractivity contribution is 5.11. The van der Waals surface area contributed by atoms with Gasteiger partial charge in [-0.15, -0.1) is 6.58 Å². The minimum Gasteiger partial charge on any atom is -0.166 e. The fraction of sp³-hybridized carbons (Fsp3) is 0.500. The third kappa shape index (κ3) is 3.86. The molecule has 0 bridgehead atoms. The predicted molar refractivity (Wildman–Crippen MR) is 39.2 cm³/mol. The summed E-state index contributed by atoms with van der Waals surface area (Å²) in [6.07, 6.45) is -1.44. The molecule has 0 aliphatic heterocycles. The van der Waals surface area contributed by atoms with Crippen LogP contribution in [0.5, 0.6) is 0 Å². The van der Waals surface area contributed by atoms with E-state index in [4.69, 9.17) is 0 Å². The molecule has 0 heterocycles. The van der Waals surface area contributed by atoms with Crippen molar-refractivity contribution in [2.45, 2.75) is 25.9 Å². The Hall–Kier alpha value is -0.730. The first-order valence-electron chi connectivity index (χ1n) is 3.39. The van der Waals surface area contributed by atoms with Crippen molar-refractivity contribution < 1.29 is 13.2 Å². The van der Waals surface area contributed by atoms with Crippen LogP contribution in [0.2, 0.25) is 0 Å². The summed E-state index contributed by atoms with van der Waals surface area (Å²) in [5.74, 6) is 0. The summed E-state index contributed by atoms with van der Waals surface area (Å²) in [5.41, 5.74) is -0.505. The van der Waals surface area contributed by atoms with Gasteiger partial charge in [-0.05, 0) is 12.8 Å². The highest BCUT2D eigenvalue weighted by atomic mass is 19.4. The van der Waals surface area contributed by atoms with Crippen molar-refractivity contribution >= 4 is 0 Å². The number of rotatable bonds is 3. The molecule has 3 heteroatoms. The van der Waals surface area contributed by atoms with E-state index >= 15 is 0 Å². The topological polar surface area (TPSA) is 0 Å². The first-order chi connectivity index (χ1) is 5.02. The van der Waals surface area contributed by atoms with Gasteiger partial charge in [0, 0.05) is 5.57 Å². The lowest BCUT2D eigenvalue weighted by molar-refractivity contribution is -0.0931. The summed E-state index contributed by atoms with van der Waals surface area (Å²) in [5, 5.41) is 0. The second kappa shape index (κ2) is 4.21. The van der Waals surface area contributed by atoms with E-state index < -0.39 is 11.7 Å². The van der Waals surface area contributed by atoms with E-state index in [1.165, 1.54) is 12.2 Å². The fourth-order valence-corrected chi connectivity index (χ4v) is 0.717. The van der Waals surface area contributed by atoms with Gasteiger partial charge < -0.3 is 0 Å². The van der Waals surface area contributed by atoms with Gasteiger partial charge in [-0.3, -0.25) is 0 Å². The zero-order valence-corrected chi connectivity index (χ0v) is 6.41. The smallest absolute Gasteiger partial charge is 0.166 e. The predicted octanol–water partition coefficient (Wildman–Crippen LogP) is 3.46. The van der Waals surface area contributed by atoms with Crippen LogP contribution in [0.1, 0.15) is 19.8 Å². The molecule has 0 atom stereocenters. The van der Waals surface area contributed by atoms with Gasteiger partial charge in [0.05, 0.1) is 0 Å². The van der Waals surface area contributed by atoms with E-state index in [0.717, 1.165) is 0 Å². The second-order valence-electron chi connectivity index (χ2n) is 2.13. The van der Waals surface area contributed by atoms with Crippen molar-refractivity contribution in [3.05, 3.63) is 24.3 Å². The van der Waals surface area contributed by atoms with Crippen LogP contribution in [0.3, 0.4) is 0 Å². The SMILES string of the molecule is C=CC/C(=C/CC)C(F)(F)F. The standard InChI is InChI=1S/C8H11F3/c1-3-5-7(6-4-2)8(9,10)11/h3,6H,1,4-5H2,2H3/b7-6-. The molecule has 0 aromatic carbocycles. The summed E-state index contributed by atoms with van der Waals surface area (Å²) >= 11 is 0. The van der Waals surface area contributed by atoms with Gasteiger partial charge in [-0.25, -0.2) is 0 Å². The van der Waals surface area contributed by atoms with Crippen LogP contribution >= 0.6 is 0 Å². The average molecular weight is 164 g/mol. The van der Waals surface area contributed by atoms with E-state index in [0.29, 0.717) is 6.42 Å². The number of allylic oxidation sites excluding steroid dienone is 3. The van der Waals surface area contributed by atoms with Gasteiger partial charge in [-0.2, -0.15) is 13.2 Å². The summed E-state index contributed by atoms with van der Waals surface area (Å²) in [4.78, 5) is 0. The summed E-state index contributed by atoms with van der Waals surface area (Å²) in [7, 11) is 0. The van der Waals surface area contributed by atoms with E-state index in [-0.39, 0.29) is 6.42 Å². The number of halogens is 3. The van der Waals surface area contributed by atoms with Crippen molar-refractivity contribution in [1.29, 1.82) is 0 Å². The maximum atomic E-state index is 12.0. The molecule has 0 aliphatic rings. The maximum absolute atomic E-state index is 12.0. The first kappa shape index (κ1) is 10.3. The highest BCUT2D eigenvalue weighted by Gasteiger charge is 2.31. The Morgan fingerprint density at radius 3 is 2.27 bits per heavy atom. The molecule has 0 aromatic rings. The molecular formula is C8H11F3. The summed E-state index contributed by atoms with van der Waals surface area (Å²) in [6, 6.07) is 0. The van der Waals surface area contributed by atoms with Crippen LogP contribution in [-0.4, -0.2) is 6.18 Å². The van der Waals surface area contributed by atoms with Crippen molar-refractivity contribution in [2.75, 3.05) is 0 Å². The minimum absolute atomic E-state index is 0.0999. The lowest BCUT2D eigenvalue weighted by atomic mass is 10.1. The number of hydrogen-bond donors (Lipinski definition) is 0. The molecule has 64 valence electrons. The Kier molecular flexibility index (Phi) is 3.93. The highest BCUT2D eigenvalue weighted by Crippen LogP contribution is 2.28.